The van der Waals surface area contributed by atoms with Gasteiger partial charge in [-0.3, -0.25) is 9.59 Å². The smallest absolute Gasteiger partial charge is 0.229 e. The summed E-state index contributed by atoms with van der Waals surface area (Å²) >= 11 is 6.23. The fourth-order valence-electron chi connectivity index (χ4n) is 4.24. The third-order valence-corrected chi connectivity index (χ3v) is 6.39. The van der Waals surface area contributed by atoms with Gasteiger partial charge in [-0.2, -0.15) is 0 Å². The lowest BCUT2D eigenvalue weighted by molar-refractivity contribution is -0.128. The average molecular weight is 441 g/mol. The van der Waals surface area contributed by atoms with Gasteiger partial charge in [-0.25, -0.2) is 0 Å². The van der Waals surface area contributed by atoms with Crippen LogP contribution in [0.15, 0.2) is 48.5 Å². The molecule has 0 spiro atoms. The molecule has 0 bridgehead atoms. The largest absolute Gasteiger partial charge is 0.367 e. The van der Waals surface area contributed by atoms with Crippen molar-refractivity contribution in [1.82, 2.24) is 9.80 Å². The summed E-state index contributed by atoms with van der Waals surface area (Å²) in [6.45, 7) is 4.84. The lowest BCUT2D eigenvalue weighted by Crippen LogP contribution is -2.44. The molecule has 1 atom stereocenters. The van der Waals surface area contributed by atoms with E-state index in [1.165, 1.54) is 5.56 Å². The van der Waals surface area contributed by atoms with Crippen LogP contribution in [-0.2, 0) is 16.0 Å². The number of likely N-dealkylation sites (tertiary alicyclic amines) is 1. The van der Waals surface area contributed by atoms with E-state index in [2.05, 4.69) is 34.3 Å². The highest BCUT2D eigenvalue weighted by molar-refractivity contribution is 6.31. The zero-order valence-corrected chi connectivity index (χ0v) is 18.6. The zero-order chi connectivity index (χ0) is 21.8. The van der Waals surface area contributed by atoms with E-state index in [1.54, 1.807) is 11.0 Å². The van der Waals surface area contributed by atoms with Crippen LogP contribution in [0, 0.1) is 5.92 Å². The van der Waals surface area contributed by atoms with Crippen LogP contribution in [0.4, 0.5) is 11.4 Å². The van der Waals surface area contributed by atoms with Crippen molar-refractivity contribution in [3.63, 3.8) is 0 Å². The number of anilines is 2. The van der Waals surface area contributed by atoms with Crippen LogP contribution >= 0.6 is 11.6 Å². The summed E-state index contributed by atoms with van der Waals surface area (Å²) in [5.41, 5.74) is 2.90. The second kappa shape index (κ2) is 9.71. The summed E-state index contributed by atoms with van der Waals surface area (Å²) in [5, 5.41) is 3.64. The second-order valence-electron chi connectivity index (χ2n) is 8.42. The van der Waals surface area contributed by atoms with E-state index in [9.17, 15) is 9.59 Å². The Labute approximate surface area is 188 Å². The average Bonchev–Trinajstić information content (AvgIpc) is 3.15. The van der Waals surface area contributed by atoms with E-state index in [0.29, 0.717) is 18.1 Å². The van der Waals surface area contributed by atoms with Crippen LogP contribution in [0.1, 0.15) is 12.0 Å². The first-order valence-corrected chi connectivity index (χ1v) is 11.2. The predicted molar refractivity (Wildman–Crippen MR) is 125 cm³/mol. The van der Waals surface area contributed by atoms with Gasteiger partial charge in [0.05, 0.1) is 17.3 Å². The van der Waals surface area contributed by atoms with Gasteiger partial charge in [-0.1, -0.05) is 41.9 Å². The number of nitrogens with zero attached hydrogens (tertiary/aromatic N) is 3. The summed E-state index contributed by atoms with van der Waals surface area (Å²) in [6, 6.07) is 15.7. The number of rotatable bonds is 6. The van der Waals surface area contributed by atoms with Gasteiger partial charge in [-0.15, -0.1) is 0 Å². The number of amides is 2. The SMILES string of the molecule is CN1CCN(c2ccc(Cl)cc2NC(=O)C2CC(=O)N(CCc3ccccc3)C2)CC1. The molecule has 1 unspecified atom stereocenters. The number of carbonyl (C=O) groups is 2. The highest BCUT2D eigenvalue weighted by Gasteiger charge is 2.34. The zero-order valence-electron chi connectivity index (χ0n) is 17.9. The molecule has 2 amide bonds. The van der Waals surface area contributed by atoms with Crippen molar-refractivity contribution in [1.29, 1.82) is 0 Å². The monoisotopic (exact) mass is 440 g/mol. The van der Waals surface area contributed by atoms with Crippen LogP contribution < -0.4 is 10.2 Å². The van der Waals surface area contributed by atoms with Crippen molar-refractivity contribution in [2.75, 3.05) is 56.5 Å². The summed E-state index contributed by atoms with van der Waals surface area (Å²) in [4.78, 5) is 31.9. The van der Waals surface area contributed by atoms with Gasteiger partial charge < -0.3 is 20.0 Å². The Morgan fingerprint density at radius 2 is 1.84 bits per heavy atom. The van der Waals surface area contributed by atoms with E-state index < -0.39 is 0 Å². The summed E-state index contributed by atoms with van der Waals surface area (Å²) in [6.07, 6.45) is 1.05. The van der Waals surface area contributed by atoms with Crippen LogP contribution in [0.25, 0.3) is 0 Å². The minimum atomic E-state index is -0.345. The standard InChI is InChI=1S/C24H29ClN4O2/c1-27-11-13-28(14-12-27)22-8-7-20(25)16-21(22)26-24(31)19-15-23(30)29(17-19)10-9-18-5-3-2-4-6-18/h2-8,16,19H,9-15,17H2,1H3,(H,26,31). The number of likely N-dealkylation sites (N-methyl/N-ethyl adjacent to an activating group) is 1. The molecule has 2 aliphatic rings. The van der Waals surface area contributed by atoms with Crippen LogP contribution in [0.5, 0.6) is 0 Å². The van der Waals surface area contributed by atoms with Crippen molar-refractivity contribution in [2.45, 2.75) is 12.8 Å². The van der Waals surface area contributed by atoms with Crippen molar-refractivity contribution < 1.29 is 9.59 Å². The molecule has 164 valence electrons. The van der Waals surface area contributed by atoms with Crippen molar-refractivity contribution in [3.8, 4) is 0 Å². The number of hydrogen-bond donors (Lipinski definition) is 1. The second-order valence-corrected chi connectivity index (χ2v) is 8.85. The number of carbonyl (C=O) groups excluding carboxylic acids is 2. The van der Waals surface area contributed by atoms with E-state index in [0.717, 1.165) is 44.0 Å². The Kier molecular flexibility index (Phi) is 6.78. The third-order valence-electron chi connectivity index (χ3n) is 6.16. The van der Waals surface area contributed by atoms with Gasteiger partial charge in [0.25, 0.3) is 0 Å². The number of piperazine rings is 1. The number of benzene rings is 2. The van der Waals surface area contributed by atoms with Crippen LogP contribution in [0.2, 0.25) is 5.02 Å². The molecule has 0 radical (unpaired) electrons. The van der Waals surface area contributed by atoms with E-state index in [4.69, 9.17) is 11.6 Å². The maximum absolute atomic E-state index is 13.0. The number of hydrogen-bond acceptors (Lipinski definition) is 4. The lowest BCUT2D eigenvalue weighted by Gasteiger charge is -2.35. The molecule has 0 aromatic heterocycles. The Morgan fingerprint density at radius 1 is 1.10 bits per heavy atom. The molecule has 2 saturated heterocycles. The third kappa shape index (κ3) is 5.38. The van der Waals surface area contributed by atoms with Crippen LogP contribution in [-0.4, -0.2) is 67.9 Å². The molecule has 0 aliphatic carbocycles. The molecule has 7 heteroatoms. The first kappa shape index (κ1) is 21.7. The molecule has 2 aromatic rings. The van der Waals surface area contributed by atoms with Gasteiger partial charge >= 0.3 is 0 Å². The Balaban J connectivity index is 1.39. The highest BCUT2D eigenvalue weighted by atomic mass is 35.5. The maximum atomic E-state index is 13.0. The molecule has 2 fully saturated rings. The quantitative estimate of drug-likeness (QED) is 0.749. The van der Waals surface area contributed by atoms with Crippen molar-refractivity contribution in [2.24, 2.45) is 5.92 Å². The first-order chi connectivity index (χ1) is 15.0. The fourth-order valence-corrected chi connectivity index (χ4v) is 4.41. The van der Waals surface area contributed by atoms with Gasteiger partial charge in [0.15, 0.2) is 0 Å². The van der Waals surface area contributed by atoms with E-state index in [-0.39, 0.29) is 24.2 Å². The molecule has 31 heavy (non-hydrogen) atoms. The molecule has 1 N–H and O–H groups in total. The molecule has 2 aromatic carbocycles. The fraction of sp³-hybridized carbons (Fsp3) is 0.417. The Bertz CT molecular complexity index is 928. The summed E-state index contributed by atoms with van der Waals surface area (Å²) < 4.78 is 0. The van der Waals surface area contributed by atoms with Crippen molar-refractivity contribution in [3.05, 3.63) is 59.1 Å². The number of nitrogens with one attached hydrogen (secondary N) is 1. The summed E-state index contributed by atoms with van der Waals surface area (Å²) in [7, 11) is 2.11. The molecular weight excluding hydrogens is 412 g/mol. The Morgan fingerprint density at radius 3 is 2.58 bits per heavy atom. The Hall–Kier alpha value is -2.57. The van der Waals surface area contributed by atoms with Gasteiger partial charge in [0.1, 0.15) is 0 Å². The van der Waals surface area contributed by atoms with E-state index >= 15 is 0 Å². The predicted octanol–water partition coefficient (Wildman–Crippen LogP) is 3.12. The van der Waals surface area contributed by atoms with Gasteiger partial charge in [-0.05, 0) is 37.2 Å². The molecule has 2 aliphatic heterocycles. The topological polar surface area (TPSA) is 55.9 Å². The van der Waals surface area contributed by atoms with Gasteiger partial charge in [0.2, 0.25) is 11.8 Å². The molecule has 6 nitrogen and oxygen atoms in total. The van der Waals surface area contributed by atoms with Crippen LogP contribution in [0.3, 0.4) is 0 Å². The summed E-state index contributed by atoms with van der Waals surface area (Å²) in [5.74, 6) is -0.419. The normalized spacial score (nSPS) is 19.7. The van der Waals surface area contributed by atoms with Gasteiger partial charge in [0, 0.05) is 50.7 Å². The maximum Gasteiger partial charge on any atom is 0.229 e. The minimum absolute atomic E-state index is 0.0430. The molecule has 4 rings (SSSR count). The van der Waals surface area contributed by atoms with Crippen molar-refractivity contribution >= 4 is 34.8 Å². The molecular formula is C24H29ClN4O2. The minimum Gasteiger partial charge on any atom is -0.367 e. The van der Waals surface area contributed by atoms with E-state index in [1.807, 2.05) is 30.3 Å². The lowest BCUT2D eigenvalue weighted by atomic mass is 10.1. The molecule has 0 saturated carbocycles. The highest BCUT2D eigenvalue weighted by Crippen LogP contribution is 2.31. The number of halogens is 1. The first-order valence-electron chi connectivity index (χ1n) is 10.9. The molecule has 2 heterocycles.